The summed E-state index contributed by atoms with van der Waals surface area (Å²) in [7, 11) is 3.72. The second-order valence-corrected chi connectivity index (χ2v) is 11.0. The molecule has 1 amide bonds. The van der Waals surface area contributed by atoms with Crippen LogP contribution < -0.4 is 5.32 Å². The molecule has 4 rings (SSSR count). The third kappa shape index (κ3) is 5.82. The second-order valence-electron chi connectivity index (χ2n) is 11.0. The maximum absolute atomic E-state index is 14.0. The smallest absolute Gasteiger partial charge is 0.407 e. The summed E-state index contributed by atoms with van der Waals surface area (Å²) in [4.78, 5) is 23.1. The highest BCUT2D eigenvalue weighted by atomic mass is 19.1. The van der Waals surface area contributed by atoms with Crippen LogP contribution >= 0.6 is 0 Å². The number of aromatic nitrogens is 2. The molecular weight excluding hydrogens is 467 g/mol. The van der Waals surface area contributed by atoms with E-state index in [1.54, 1.807) is 13.1 Å². The quantitative estimate of drug-likeness (QED) is 0.369. The van der Waals surface area contributed by atoms with Gasteiger partial charge in [-0.3, -0.25) is 0 Å². The third-order valence-corrected chi connectivity index (χ3v) is 7.97. The van der Waals surface area contributed by atoms with Gasteiger partial charge in [0.25, 0.3) is 0 Å². The van der Waals surface area contributed by atoms with E-state index in [0.29, 0.717) is 12.8 Å². The minimum atomic E-state index is -0.638. The summed E-state index contributed by atoms with van der Waals surface area (Å²) < 4.78 is 20.2. The fourth-order valence-electron chi connectivity index (χ4n) is 6.06. The molecule has 0 saturated heterocycles. The number of nitrogens with zero attached hydrogens (tertiary/aromatic N) is 2. The molecule has 2 atom stereocenters. The molecule has 1 aliphatic carbocycles. The molecule has 37 heavy (non-hydrogen) atoms. The maximum atomic E-state index is 14.0. The van der Waals surface area contributed by atoms with Gasteiger partial charge in [-0.2, -0.15) is 0 Å². The molecule has 7 heteroatoms. The Balaban J connectivity index is 1.44. The zero-order valence-corrected chi connectivity index (χ0v) is 23.1. The van der Waals surface area contributed by atoms with Crippen LogP contribution in [0.4, 0.5) is 9.18 Å². The summed E-state index contributed by atoms with van der Waals surface area (Å²) in [6.45, 7) is 10.2. The number of benzene rings is 2. The standard InChI is InChI=1S/C30H41FN4O2/c1-19(2)26-24-12-11-23(31)18-22(24)13-14-30(26,37-29(36)32-5)15-17-35(6)16-7-8-25-33-27-20(3)9-10-21(4)28(27)34-25/h9-12,18-19,26H,7-8,13-17H2,1-6H3,(H,32,36)(H,33,34). The maximum Gasteiger partial charge on any atom is 0.407 e. The normalized spacial score (nSPS) is 19.4. The zero-order valence-electron chi connectivity index (χ0n) is 23.1. The lowest BCUT2D eigenvalue weighted by Crippen LogP contribution is -2.49. The number of imidazole rings is 1. The van der Waals surface area contributed by atoms with E-state index in [-0.39, 0.29) is 17.7 Å². The monoisotopic (exact) mass is 508 g/mol. The van der Waals surface area contributed by atoms with Gasteiger partial charge in [-0.1, -0.05) is 32.0 Å². The van der Waals surface area contributed by atoms with Crippen molar-refractivity contribution in [1.29, 1.82) is 0 Å². The number of aromatic amines is 1. The molecule has 2 unspecified atom stereocenters. The van der Waals surface area contributed by atoms with Crippen LogP contribution in [0.5, 0.6) is 0 Å². The van der Waals surface area contributed by atoms with Crippen molar-refractivity contribution in [3.05, 3.63) is 64.2 Å². The number of halogens is 1. The van der Waals surface area contributed by atoms with E-state index >= 15 is 0 Å². The number of carbonyl (C=O) groups is 1. The molecule has 6 nitrogen and oxygen atoms in total. The highest BCUT2D eigenvalue weighted by Gasteiger charge is 2.47. The highest BCUT2D eigenvalue weighted by Crippen LogP contribution is 2.48. The summed E-state index contributed by atoms with van der Waals surface area (Å²) in [5.41, 5.74) is 6.10. The predicted octanol–water partition coefficient (Wildman–Crippen LogP) is 6.05. The van der Waals surface area contributed by atoms with Crippen molar-refractivity contribution in [2.75, 3.05) is 27.2 Å². The SMILES string of the molecule is CNC(=O)OC1(CCN(C)CCCc2nc3c(C)ccc(C)c3[nH]2)CCc2cc(F)ccc2C1C(C)C. The summed E-state index contributed by atoms with van der Waals surface area (Å²) in [5, 5.41) is 2.64. The number of aryl methyl sites for hydroxylation is 4. The van der Waals surface area contributed by atoms with Gasteiger partial charge >= 0.3 is 6.09 Å². The molecule has 0 aliphatic heterocycles. The molecule has 1 heterocycles. The van der Waals surface area contributed by atoms with Crippen molar-refractivity contribution in [2.45, 2.75) is 71.3 Å². The van der Waals surface area contributed by atoms with Crippen LogP contribution in [-0.4, -0.2) is 53.7 Å². The molecule has 2 aromatic carbocycles. The average Bonchev–Trinajstić information content (AvgIpc) is 3.30. The van der Waals surface area contributed by atoms with Gasteiger partial charge < -0.3 is 19.9 Å². The van der Waals surface area contributed by atoms with E-state index in [2.05, 4.69) is 62.1 Å². The molecular formula is C30H41FN4O2. The Morgan fingerprint density at radius 1 is 1.24 bits per heavy atom. The number of hydrogen-bond acceptors (Lipinski definition) is 4. The topological polar surface area (TPSA) is 70.2 Å². The molecule has 0 radical (unpaired) electrons. The van der Waals surface area contributed by atoms with Crippen LogP contribution in [0.15, 0.2) is 30.3 Å². The Labute approximate surface area is 220 Å². The average molecular weight is 509 g/mol. The molecule has 0 fully saturated rings. The minimum absolute atomic E-state index is 0.00424. The van der Waals surface area contributed by atoms with Gasteiger partial charge in [0.2, 0.25) is 0 Å². The van der Waals surface area contributed by atoms with Gasteiger partial charge in [0.15, 0.2) is 0 Å². The third-order valence-electron chi connectivity index (χ3n) is 7.97. The Hall–Kier alpha value is -2.93. The Morgan fingerprint density at radius 2 is 2.00 bits per heavy atom. The predicted molar refractivity (Wildman–Crippen MR) is 147 cm³/mol. The van der Waals surface area contributed by atoms with Crippen molar-refractivity contribution >= 4 is 17.1 Å². The Kier molecular flexibility index (Phi) is 8.22. The first-order valence-electron chi connectivity index (χ1n) is 13.5. The Bertz CT molecular complexity index is 1210. The summed E-state index contributed by atoms with van der Waals surface area (Å²) >= 11 is 0. The van der Waals surface area contributed by atoms with Gasteiger partial charge in [-0.05, 0) is 87.0 Å². The number of rotatable bonds is 9. The van der Waals surface area contributed by atoms with Crippen molar-refractivity contribution in [2.24, 2.45) is 5.92 Å². The number of H-pyrrole nitrogens is 1. The number of hydrogen-bond donors (Lipinski definition) is 2. The van der Waals surface area contributed by atoms with Gasteiger partial charge in [0.1, 0.15) is 17.2 Å². The fourth-order valence-corrected chi connectivity index (χ4v) is 6.06. The molecule has 1 aromatic heterocycles. The molecule has 0 spiro atoms. The van der Waals surface area contributed by atoms with Gasteiger partial charge in [-0.15, -0.1) is 0 Å². The van der Waals surface area contributed by atoms with E-state index in [1.165, 1.54) is 17.2 Å². The van der Waals surface area contributed by atoms with E-state index in [0.717, 1.165) is 60.3 Å². The van der Waals surface area contributed by atoms with E-state index in [9.17, 15) is 9.18 Å². The largest absolute Gasteiger partial charge is 0.442 e. The zero-order chi connectivity index (χ0) is 26.7. The first-order chi connectivity index (χ1) is 17.6. The summed E-state index contributed by atoms with van der Waals surface area (Å²) in [6, 6.07) is 9.31. The van der Waals surface area contributed by atoms with Crippen LogP contribution in [0.3, 0.4) is 0 Å². The number of carbonyl (C=O) groups excluding carboxylic acids is 1. The lowest BCUT2D eigenvalue weighted by Gasteiger charge is -2.47. The first kappa shape index (κ1) is 27.1. The molecule has 200 valence electrons. The first-order valence-corrected chi connectivity index (χ1v) is 13.5. The highest BCUT2D eigenvalue weighted by molar-refractivity contribution is 5.81. The fraction of sp³-hybridized carbons (Fsp3) is 0.533. The van der Waals surface area contributed by atoms with Crippen LogP contribution in [-0.2, 0) is 17.6 Å². The summed E-state index contributed by atoms with van der Waals surface area (Å²) in [6.07, 6.45) is 3.56. The van der Waals surface area contributed by atoms with Gasteiger partial charge in [-0.25, -0.2) is 14.2 Å². The minimum Gasteiger partial charge on any atom is -0.442 e. The number of nitrogens with one attached hydrogen (secondary N) is 2. The molecule has 2 N–H and O–H groups in total. The van der Waals surface area contributed by atoms with Gasteiger partial charge in [0.05, 0.1) is 11.0 Å². The van der Waals surface area contributed by atoms with Crippen molar-refractivity contribution in [3.8, 4) is 0 Å². The van der Waals surface area contributed by atoms with E-state index in [4.69, 9.17) is 9.72 Å². The second kappa shape index (κ2) is 11.2. The van der Waals surface area contributed by atoms with Crippen molar-refractivity contribution < 1.29 is 13.9 Å². The summed E-state index contributed by atoms with van der Waals surface area (Å²) in [5.74, 6) is 1.05. The van der Waals surface area contributed by atoms with Crippen LogP contribution in [0.25, 0.3) is 11.0 Å². The number of alkyl carbamates (subject to hydrolysis) is 1. The van der Waals surface area contributed by atoms with E-state index < -0.39 is 11.7 Å². The lowest BCUT2D eigenvalue weighted by atomic mass is 9.65. The van der Waals surface area contributed by atoms with Crippen LogP contribution in [0, 0.1) is 25.6 Å². The molecule has 3 aromatic rings. The van der Waals surface area contributed by atoms with Crippen LogP contribution in [0.2, 0.25) is 0 Å². The molecule has 0 saturated carbocycles. The molecule has 1 aliphatic rings. The van der Waals surface area contributed by atoms with E-state index in [1.807, 2.05) is 6.07 Å². The lowest BCUT2D eigenvalue weighted by molar-refractivity contribution is -0.0435. The number of amides is 1. The van der Waals surface area contributed by atoms with Crippen LogP contribution in [0.1, 0.15) is 67.1 Å². The van der Waals surface area contributed by atoms with Crippen molar-refractivity contribution in [3.63, 3.8) is 0 Å². The van der Waals surface area contributed by atoms with Gasteiger partial charge in [0, 0.05) is 32.4 Å². The Morgan fingerprint density at radius 3 is 2.70 bits per heavy atom. The number of ether oxygens (including phenoxy) is 1. The molecule has 0 bridgehead atoms. The van der Waals surface area contributed by atoms with Crippen molar-refractivity contribution in [1.82, 2.24) is 20.2 Å². The number of fused-ring (bicyclic) bond motifs is 2.